The third-order valence-electron chi connectivity index (χ3n) is 4.41. The van der Waals surface area contributed by atoms with E-state index in [9.17, 15) is 9.18 Å². The van der Waals surface area contributed by atoms with E-state index >= 15 is 0 Å². The topological polar surface area (TPSA) is 75.6 Å². The highest BCUT2D eigenvalue weighted by Crippen LogP contribution is 2.20. The molecule has 0 fully saturated rings. The molecule has 136 valence electrons. The molecule has 0 radical (unpaired) electrons. The van der Waals surface area contributed by atoms with Crippen LogP contribution in [0.15, 0.2) is 59.7 Å². The molecular formula is C20H18FN5O. The van der Waals surface area contributed by atoms with Gasteiger partial charge in [0.25, 0.3) is 5.56 Å². The molecule has 4 aromatic rings. The van der Waals surface area contributed by atoms with Crippen LogP contribution in [0.1, 0.15) is 16.8 Å². The van der Waals surface area contributed by atoms with Crippen LogP contribution in [0.2, 0.25) is 0 Å². The molecule has 3 heterocycles. The van der Waals surface area contributed by atoms with Crippen LogP contribution in [-0.4, -0.2) is 19.7 Å². The lowest BCUT2D eigenvalue weighted by Gasteiger charge is -2.06. The Labute approximate surface area is 154 Å². The van der Waals surface area contributed by atoms with Gasteiger partial charge in [0.05, 0.1) is 11.4 Å². The van der Waals surface area contributed by atoms with E-state index in [0.717, 1.165) is 16.6 Å². The summed E-state index contributed by atoms with van der Waals surface area (Å²) in [5.41, 5.74) is 3.64. The van der Waals surface area contributed by atoms with Gasteiger partial charge in [-0.15, -0.1) is 0 Å². The van der Waals surface area contributed by atoms with Gasteiger partial charge in [-0.05, 0) is 55.0 Å². The van der Waals surface area contributed by atoms with Crippen LogP contribution in [0, 0.1) is 12.7 Å². The average molecular weight is 363 g/mol. The molecule has 1 aromatic carbocycles. The Hall–Kier alpha value is -3.32. The fourth-order valence-electron chi connectivity index (χ4n) is 3.00. The third-order valence-corrected chi connectivity index (χ3v) is 4.41. The maximum atomic E-state index is 13.2. The van der Waals surface area contributed by atoms with Crippen molar-refractivity contribution >= 4 is 11.0 Å². The summed E-state index contributed by atoms with van der Waals surface area (Å²) < 4.78 is 14.8. The molecule has 2 N–H and O–H groups in total. The summed E-state index contributed by atoms with van der Waals surface area (Å²) in [6.07, 6.45) is 3.48. The van der Waals surface area contributed by atoms with E-state index in [-0.39, 0.29) is 11.4 Å². The van der Waals surface area contributed by atoms with Crippen molar-refractivity contribution in [2.75, 3.05) is 0 Å². The Kier molecular flexibility index (Phi) is 4.52. The maximum absolute atomic E-state index is 13.2. The summed E-state index contributed by atoms with van der Waals surface area (Å²) in [4.78, 5) is 19.4. The van der Waals surface area contributed by atoms with Gasteiger partial charge in [-0.25, -0.2) is 9.07 Å². The number of H-pyrrole nitrogens is 1. The summed E-state index contributed by atoms with van der Waals surface area (Å²) in [5, 5.41) is 8.63. The first-order chi connectivity index (χ1) is 13.1. The zero-order valence-electron chi connectivity index (χ0n) is 14.7. The predicted molar refractivity (Wildman–Crippen MR) is 101 cm³/mol. The van der Waals surface area contributed by atoms with E-state index in [1.807, 2.05) is 25.1 Å². The Morgan fingerprint density at radius 2 is 1.85 bits per heavy atom. The highest BCUT2D eigenvalue weighted by atomic mass is 19.1. The SMILES string of the molecule is Cc1nn(-c2ccc(F)cc2)c2[nH]c(=O)c(CNCc3ccncc3)cc12. The van der Waals surface area contributed by atoms with E-state index in [1.165, 1.54) is 12.1 Å². The number of benzene rings is 1. The largest absolute Gasteiger partial charge is 0.308 e. The van der Waals surface area contributed by atoms with Crippen LogP contribution < -0.4 is 10.9 Å². The quantitative estimate of drug-likeness (QED) is 0.572. The second-order valence-electron chi connectivity index (χ2n) is 6.32. The van der Waals surface area contributed by atoms with Gasteiger partial charge in [0, 0.05) is 36.4 Å². The Bertz CT molecular complexity index is 1130. The minimum Gasteiger partial charge on any atom is -0.308 e. The summed E-state index contributed by atoms with van der Waals surface area (Å²) >= 11 is 0. The number of nitrogens with one attached hydrogen (secondary N) is 2. The number of pyridine rings is 2. The van der Waals surface area contributed by atoms with E-state index in [1.54, 1.807) is 29.2 Å². The third kappa shape index (κ3) is 3.50. The van der Waals surface area contributed by atoms with E-state index in [0.29, 0.717) is 30.0 Å². The smallest absolute Gasteiger partial charge is 0.254 e. The zero-order valence-corrected chi connectivity index (χ0v) is 14.7. The van der Waals surface area contributed by atoms with Gasteiger partial charge in [-0.2, -0.15) is 5.10 Å². The Morgan fingerprint density at radius 1 is 1.11 bits per heavy atom. The van der Waals surface area contributed by atoms with Gasteiger partial charge >= 0.3 is 0 Å². The van der Waals surface area contributed by atoms with Crippen molar-refractivity contribution in [3.8, 4) is 5.69 Å². The van der Waals surface area contributed by atoms with Gasteiger partial charge < -0.3 is 10.3 Å². The molecule has 0 aliphatic rings. The van der Waals surface area contributed by atoms with Gasteiger partial charge in [0.2, 0.25) is 0 Å². The molecule has 0 amide bonds. The van der Waals surface area contributed by atoms with Crippen LogP contribution in [0.5, 0.6) is 0 Å². The molecular weight excluding hydrogens is 345 g/mol. The molecule has 0 bridgehead atoms. The summed E-state index contributed by atoms with van der Waals surface area (Å²) in [7, 11) is 0. The molecule has 0 aliphatic carbocycles. The van der Waals surface area contributed by atoms with E-state index in [4.69, 9.17) is 0 Å². The number of hydrogen-bond donors (Lipinski definition) is 2. The van der Waals surface area contributed by atoms with Crippen LogP contribution in [-0.2, 0) is 13.1 Å². The van der Waals surface area contributed by atoms with Crippen molar-refractivity contribution in [2.45, 2.75) is 20.0 Å². The molecule has 27 heavy (non-hydrogen) atoms. The number of rotatable bonds is 5. The van der Waals surface area contributed by atoms with Crippen molar-refractivity contribution in [1.82, 2.24) is 25.1 Å². The van der Waals surface area contributed by atoms with Crippen molar-refractivity contribution in [3.05, 3.63) is 87.9 Å². The lowest BCUT2D eigenvalue weighted by Crippen LogP contribution is -2.21. The minimum absolute atomic E-state index is 0.173. The van der Waals surface area contributed by atoms with Crippen LogP contribution in [0.25, 0.3) is 16.7 Å². The molecule has 0 aliphatic heterocycles. The molecule has 3 aromatic heterocycles. The maximum Gasteiger partial charge on any atom is 0.254 e. The van der Waals surface area contributed by atoms with Crippen molar-refractivity contribution in [2.24, 2.45) is 0 Å². The van der Waals surface area contributed by atoms with E-state index < -0.39 is 0 Å². The molecule has 0 atom stereocenters. The number of nitrogens with zero attached hydrogens (tertiary/aromatic N) is 3. The monoisotopic (exact) mass is 363 g/mol. The van der Waals surface area contributed by atoms with Crippen molar-refractivity contribution < 1.29 is 4.39 Å². The molecule has 6 nitrogen and oxygen atoms in total. The number of fused-ring (bicyclic) bond motifs is 1. The number of halogens is 1. The highest BCUT2D eigenvalue weighted by Gasteiger charge is 2.13. The first-order valence-electron chi connectivity index (χ1n) is 8.59. The van der Waals surface area contributed by atoms with Crippen LogP contribution in [0.4, 0.5) is 4.39 Å². The first kappa shape index (κ1) is 17.1. The molecule has 4 rings (SSSR count). The number of hydrogen-bond acceptors (Lipinski definition) is 4. The summed E-state index contributed by atoms with van der Waals surface area (Å²) in [6, 6.07) is 11.7. The highest BCUT2D eigenvalue weighted by molar-refractivity contribution is 5.80. The lowest BCUT2D eigenvalue weighted by molar-refractivity contribution is 0.627. The number of aryl methyl sites for hydroxylation is 1. The predicted octanol–water partition coefficient (Wildman–Crippen LogP) is 2.85. The van der Waals surface area contributed by atoms with Gasteiger partial charge in [-0.3, -0.25) is 9.78 Å². The molecule has 0 saturated carbocycles. The zero-order chi connectivity index (χ0) is 18.8. The second kappa shape index (κ2) is 7.13. The lowest BCUT2D eigenvalue weighted by atomic mass is 10.2. The molecule has 0 saturated heterocycles. The summed E-state index contributed by atoms with van der Waals surface area (Å²) in [5.74, 6) is -0.317. The first-order valence-corrected chi connectivity index (χ1v) is 8.59. The summed E-state index contributed by atoms with van der Waals surface area (Å²) in [6.45, 7) is 2.97. The van der Waals surface area contributed by atoms with Gasteiger partial charge in [0.15, 0.2) is 0 Å². The molecule has 0 spiro atoms. The number of aromatic amines is 1. The van der Waals surface area contributed by atoms with Crippen molar-refractivity contribution in [3.63, 3.8) is 0 Å². The van der Waals surface area contributed by atoms with Gasteiger partial charge in [0.1, 0.15) is 11.5 Å². The average Bonchev–Trinajstić information content (AvgIpc) is 2.99. The minimum atomic E-state index is -0.317. The fraction of sp³-hybridized carbons (Fsp3) is 0.150. The second-order valence-corrected chi connectivity index (χ2v) is 6.32. The Balaban J connectivity index is 1.63. The van der Waals surface area contributed by atoms with Crippen molar-refractivity contribution in [1.29, 1.82) is 0 Å². The van der Waals surface area contributed by atoms with Crippen LogP contribution >= 0.6 is 0 Å². The van der Waals surface area contributed by atoms with Gasteiger partial charge in [-0.1, -0.05) is 0 Å². The molecule has 0 unspecified atom stereocenters. The molecule has 7 heteroatoms. The normalized spacial score (nSPS) is 11.2. The van der Waals surface area contributed by atoms with Crippen LogP contribution in [0.3, 0.4) is 0 Å². The Morgan fingerprint density at radius 3 is 2.59 bits per heavy atom. The number of aromatic nitrogens is 4. The van der Waals surface area contributed by atoms with E-state index in [2.05, 4.69) is 20.4 Å². The standard InChI is InChI=1S/C20H18FN5O/c1-13-18-10-15(12-23-11-14-6-8-22-9-7-14)20(27)24-19(18)26(25-13)17-4-2-16(21)3-5-17/h2-10,23H,11-12H2,1H3,(H,24,27). The fourth-order valence-corrected chi connectivity index (χ4v) is 3.00.